The lowest BCUT2D eigenvalue weighted by atomic mass is 9.94. The number of carbonyl (C=O) groups excluding carboxylic acids is 1. The molecule has 3 nitrogen and oxygen atoms in total. The van der Waals surface area contributed by atoms with Crippen LogP contribution >= 0.6 is 11.3 Å². The number of nitrogens with zero attached hydrogens (tertiary/aromatic N) is 1. The molecule has 1 fully saturated rings. The van der Waals surface area contributed by atoms with E-state index < -0.39 is 0 Å². The topological polar surface area (TPSA) is 42.0 Å². The molecule has 108 valence electrons. The zero-order valence-corrected chi connectivity index (χ0v) is 12.7. The third-order valence-corrected chi connectivity index (χ3v) is 5.58. The molecule has 21 heavy (non-hydrogen) atoms. The van der Waals surface area contributed by atoms with Gasteiger partial charge in [-0.15, -0.1) is 11.3 Å². The maximum absolute atomic E-state index is 12.2. The van der Waals surface area contributed by atoms with Crippen LogP contribution in [-0.2, 0) is 17.6 Å². The third-order valence-electron chi connectivity index (χ3n) is 4.55. The van der Waals surface area contributed by atoms with Gasteiger partial charge in [-0.1, -0.05) is 37.1 Å². The van der Waals surface area contributed by atoms with E-state index in [2.05, 4.69) is 29.6 Å². The molecule has 0 unspecified atom stereocenters. The molecule has 1 aromatic carbocycles. The Morgan fingerprint density at radius 2 is 2.00 bits per heavy atom. The molecule has 0 bridgehead atoms. The zero-order valence-electron chi connectivity index (χ0n) is 11.9. The summed E-state index contributed by atoms with van der Waals surface area (Å²) >= 11 is 1.64. The number of aromatic nitrogens is 1. The minimum atomic E-state index is 0.159. The van der Waals surface area contributed by atoms with Gasteiger partial charge >= 0.3 is 0 Å². The largest absolute Gasteiger partial charge is 0.302 e. The lowest BCUT2D eigenvalue weighted by molar-refractivity contribution is -0.119. The average Bonchev–Trinajstić information content (AvgIpc) is 3.16. The van der Waals surface area contributed by atoms with Crippen LogP contribution in [0.3, 0.4) is 0 Å². The predicted octanol–water partition coefficient (Wildman–Crippen LogP) is 4.04. The summed E-state index contributed by atoms with van der Waals surface area (Å²) in [6.45, 7) is 0. The van der Waals surface area contributed by atoms with Crippen LogP contribution in [0.4, 0.5) is 5.13 Å². The van der Waals surface area contributed by atoms with Gasteiger partial charge in [-0.3, -0.25) is 4.79 Å². The first-order chi connectivity index (χ1) is 10.3. The lowest BCUT2D eigenvalue weighted by Crippen LogP contribution is -2.20. The van der Waals surface area contributed by atoms with E-state index in [1.165, 1.54) is 28.8 Å². The van der Waals surface area contributed by atoms with Crippen LogP contribution in [0, 0.1) is 5.92 Å². The summed E-state index contributed by atoms with van der Waals surface area (Å²) in [4.78, 5) is 18.2. The van der Waals surface area contributed by atoms with Gasteiger partial charge in [0.1, 0.15) is 0 Å². The van der Waals surface area contributed by atoms with E-state index in [4.69, 9.17) is 4.98 Å². The number of thiazole rings is 1. The van der Waals surface area contributed by atoms with Crippen molar-refractivity contribution in [3.63, 3.8) is 0 Å². The highest BCUT2D eigenvalue weighted by atomic mass is 32.1. The fourth-order valence-electron chi connectivity index (χ4n) is 3.40. The van der Waals surface area contributed by atoms with Gasteiger partial charge < -0.3 is 5.32 Å². The van der Waals surface area contributed by atoms with Gasteiger partial charge in [0.2, 0.25) is 5.91 Å². The number of amides is 1. The Labute approximate surface area is 128 Å². The summed E-state index contributed by atoms with van der Waals surface area (Å²) < 4.78 is 0. The van der Waals surface area contributed by atoms with E-state index in [1.807, 2.05) is 0 Å². The molecule has 1 saturated carbocycles. The van der Waals surface area contributed by atoms with Crippen LogP contribution in [-0.4, -0.2) is 10.9 Å². The van der Waals surface area contributed by atoms with Crippen LogP contribution in [0.5, 0.6) is 0 Å². The van der Waals surface area contributed by atoms with Gasteiger partial charge in [0, 0.05) is 16.4 Å². The van der Waals surface area contributed by atoms with E-state index in [-0.39, 0.29) is 11.8 Å². The van der Waals surface area contributed by atoms with Crippen LogP contribution in [0.1, 0.15) is 36.1 Å². The molecule has 2 aromatic rings. The van der Waals surface area contributed by atoms with E-state index in [0.29, 0.717) is 0 Å². The number of hydrogen-bond donors (Lipinski definition) is 1. The van der Waals surface area contributed by atoms with Gasteiger partial charge in [0.05, 0.1) is 5.69 Å². The zero-order chi connectivity index (χ0) is 14.2. The number of fused-ring (bicyclic) bond motifs is 3. The molecule has 1 aromatic heterocycles. The van der Waals surface area contributed by atoms with Crippen molar-refractivity contribution in [1.82, 2.24) is 4.98 Å². The van der Waals surface area contributed by atoms with Crippen LogP contribution in [0.25, 0.3) is 11.3 Å². The van der Waals surface area contributed by atoms with Crippen molar-refractivity contribution in [1.29, 1.82) is 0 Å². The number of carbonyl (C=O) groups is 1. The number of anilines is 1. The number of rotatable bonds is 2. The lowest BCUT2D eigenvalue weighted by Gasteiger charge is -2.13. The maximum atomic E-state index is 12.2. The summed E-state index contributed by atoms with van der Waals surface area (Å²) in [5, 5.41) is 3.81. The van der Waals surface area contributed by atoms with Crippen molar-refractivity contribution < 1.29 is 4.79 Å². The van der Waals surface area contributed by atoms with E-state index >= 15 is 0 Å². The smallest absolute Gasteiger partial charge is 0.229 e. The Morgan fingerprint density at radius 3 is 2.86 bits per heavy atom. The molecule has 4 rings (SSSR count). The normalized spacial score (nSPS) is 17.3. The predicted molar refractivity (Wildman–Crippen MR) is 85.5 cm³/mol. The van der Waals surface area contributed by atoms with E-state index in [1.54, 1.807) is 11.3 Å². The molecule has 2 aliphatic carbocycles. The Hall–Kier alpha value is -1.68. The quantitative estimate of drug-likeness (QED) is 0.909. The molecular formula is C17H18N2OS. The summed E-state index contributed by atoms with van der Waals surface area (Å²) in [5.41, 5.74) is 3.67. The number of benzene rings is 1. The highest BCUT2D eigenvalue weighted by Crippen LogP contribution is 2.38. The van der Waals surface area contributed by atoms with Gasteiger partial charge in [-0.25, -0.2) is 4.98 Å². The SMILES string of the molecule is O=C(Nc1nc2c(s1)CCc1ccccc1-2)C1CCCC1. The second kappa shape index (κ2) is 5.26. The van der Waals surface area contributed by atoms with Crippen molar-refractivity contribution >= 4 is 22.4 Å². The van der Waals surface area contributed by atoms with Gasteiger partial charge in [0.15, 0.2) is 5.13 Å². The Balaban J connectivity index is 1.60. The number of aryl methyl sites for hydroxylation is 2. The molecule has 0 aliphatic heterocycles. The molecule has 4 heteroatoms. The highest BCUT2D eigenvalue weighted by Gasteiger charge is 2.25. The number of hydrogen-bond acceptors (Lipinski definition) is 3. The first-order valence-electron chi connectivity index (χ1n) is 7.70. The van der Waals surface area contributed by atoms with Crippen molar-refractivity contribution in [2.24, 2.45) is 5.92 Å². The molecule has 2 aliphatic rings. The average molecular weight is 298 g/mol. The van der Waals surface area contributed by atoms with Crippen molar-refractivity contribution in [3.8, 4) is 11.3 Å². The summed E-state index contributed by atoms with van der Waals surface area (Å²) in [6, 6.07) is 8.45. The van der Waals surface area contributed by atoms with Crippen molar-refractivity contribution in [2.75, 3.05) is 5.32 Å². The minimum absolute atomic E-state index is 0.159. The molecule has 1 heterocycles. The minimum Gasteiger partial charge on any atom is -0.302 e. The highest BCUT2D eigenvalue weighted by molar-refractivity contribution is 7.16. The molecule has 1 N–H and O–H groups in total. The van der Waals surface area contributed by atoms with Crippen LogP contribution in [0.15, 0.2) is 24.3 Å². The van der Waals surface area contributed by atoms with Gasteiger partial charge in [-0.05, 0) is 31.2 Å². The molecule has 0 radical (unpaired) electrons. The Kier molecular flexibility index (Phi) is 3.26. The fourth-order valence-corrected chi connectivity index (χ4v) is 4.38. The Morgan fingerprint density at radius 1 is 1.19 bits per heavy atom. The number of nitrogens with one attached hydrogen (secondary N) is 1. The molecule has 0 spiro atoms. The van der Waals surface area contributed by atoms with Crippen molar-refractivity contribution in [2.45, 2.75) is 38.5 Å². The fraction of sp³-hybridized carbons (Fsp3) is 0.412. The Bertz CT molecular complexity index is 686. The second-order valence-corrected chi connectivity index (χ2v) is 7.00. The van der Waals surface area contributed by atoms with Gasteiger partial charge in [0.25, 0.3) is 0 Å². The monoisotopic (exact) mass is 298 g/mol. The van der Waals surface area contributed by atoms with Crippen molar-refractivity contribution in [3.05, 3.63) is 34.7 Å². The molecule has 1 amide bonds. The van der Waals surface area contributed by atoms with E-state index in [9.17, 15) is 4.79 Å². The maximum Gasteiger partial charge on any atom is 0.229 e. The molecule has 0 atom stereocenters. The summed E-state index contributed by atoms with van der Waals surface area (Å²) in [6.07, 6.45) is 6.52. The third kappa shape index (κ3) is 2.38. The standard InChI is InChI=1S/C17H18N2OS/c20-16(12-6-1-2-7-12)19-17-18-15-13-8-4-3-5-11(13)9-10-14(15)21-17/h3-5,8,12H,1-2,6-7,9-10H2,(H,18,19,20). The second-order valence-electron chi connectivity index (χ2n) is 5.92. The van der Waals surface area contributed by atoms with E-state index in [0.717, 1.165) is 36.5 Å². The first-order valence-corrected chi connectivity index (χ1v) is 8.52. The van der Waals surface area contributed by atoms with Gasteiger partial charge in [-0.2, -0.15) is 0 Å². The summed E-state index contributed by atoms with van der Waals surface area (Å²) in [5.74, 6) is 0.352. The molecule has 0 saturated heterocycles. The van der Waals surface area contributed by atoms with Crippen LogP contribution in [0.2, 0.25) is 0 Å². The first kappa shape index (κ1) is 13.0. The summed E-state index contributed by atoms with van der Waals surface area (Å²) in [7, 11) is 0. The molecular weight excluding hydrogens is 280 g/mol. The van der Waals surface area contributed by atoms with Crippen LogP contribution < -0.4 is 5.32 Å².